The Kier molecular flexibility index (Phi) is 14.8. The van der Waals surface area contributed by atoms with Crippen LogP contribution in [0.2, 0.25) is 5.02 Å². The Morgan fingerprint density at radius 1 is 1.19 bits per heavy atom. The average Bonchev–Trinajstić information content (AvgIpc) is 3.26. The summed E-state index contributed by atoms with van der Waals surface area (Å²) in [6, 6.07) is 11.8. The molecule has 0 spiro atoms. The summed E-state index contributed by atoms with van der Waals surface area (Å²) in [6.07, 6.45) is 9.63. The number of ether oxygens (including phenoxy) is 3. The number of nitrogens with one attached hydrogen (secondary N) is 2. The number of nitrogens with zero attached hydrogens (tertiary/aromatic N) is 1. The lowest BCUT2D eigenvalue weighted by molar-refractivity contribution is -0.0620. The fourth-order valence-corrected chi connectivity index (χ4v) is 7.49. The number of methoxy groups -OCH3 is 1. The lowest BCUT2D eigenvalue weighted by atomic mass is 9.64. The molecule has 48 heavy (non-hydrogen) atoms. The van der Waals surface area contributed by atoms with Crippen molar-refractivity contribution >= 4 is 34.2 Å². The number of rotatable bonds is 12. The van der Waals surface area contributed by atoms with E-state index < -0.39 is 11.0 Å². The largest absolute Gasteiger partial charge is 0.491 e. The molecule has 2 aromatic rings. The van der Waals surface area contributed by atoms with Gasteiger partial charge in [-0.15, -0.1) is 0 Å². The number of halogens is 1. The van der Waals surface area contributed by atoms with Gasteiger partial charge in [-0.2, -0.15) is 0 Å². The molecule has 0 aromatic heterocycles. The van der Waals surface area contributed by atoms with E-state index in [9.17, 15) is 9.00 Å². The van der Waals surface area contributed by atoms with Crippen molar-refractivity contribution in [1.29, 1.82) is 0 Å². The molecule has 3 aliphatic rings. The van der Waals surface area contributed by atoms with Gasteiger partial charge in [0.15, 0.2) is 0 Å². The summed E-state index contributed by atoms with van der Waals surface area (Å²) >= 11 is 6.41. The summed E-state index contributed by atoms with van der Waals surface area (Å²) < 4.78 is 32.6. The second-order valence-electron chi connectivity index (χ2n) is 13.5. The number of carbonyl (C=O) groups excluding carboxylic acids is 1. The third kappa shape index (κ3) is 10.1. The molecule has 2 N–H and O–H groups in total. The number of aryl methyl sites for hydroxylation is 1. The zero-order valence-corrected chi connectivity index (χ0v) is 31.3. The van der Waals surface area contributed by atoms with Crippen molar-refractivity contribution in [2.75, 3.05) is 58.0 Å². The van der Waals surface area contributed by atoms with Gasteiger partial charge >= 0.3 is 0 Å². The van der Waals surface area contributed by atoms with Crippen LogP contribution in [0.15, 0.2) is 48.6 Å². The molecule has 1 saturated carbocycles. The van der Waals surface area contributed by atoms with E-state index in [1.54, 1.807) is 6.07 Å². The summed E-state index contributed by atoms with van der Waals surface area (Å²) in [5.74, 6) is 1.37. The van der Waals surface area contributed by atoms with E-state index in [1.165, 1.54) is 11.1 Å². The van der Waals surface area contributed by atoms with Crippen molar-refractivity contribution in [3.63, 3.8) is 0 Å². The van der Waals surface area contributed by atoms with Gasteiger partial charge in [0.2, 0.25) is 0 Å². The molecule has 5 atom stereocenters. The van der Waals surface area contributed by atoms with Crippen molar-refractivity contribution < 1.29 is 23.2 Å². The standard InChI is InChI=1S/C34H47ClN2O4S.C4H9NO/c1-7-9-17-34(5,40-6)30-15-11-26(30)20-37-21-27(29-14-13-28(35)18-24(29)10-8-2)22-41-32-16-12-25(19-31(32)37)33(38)36-42(39)23(3)4;1-3-6-4-2-5-1/h9,12-14,16-19,23,26-27,30H,7-8,10-11,15,20-22H2,1-6H3,(H,36,38);5H,1-4H2/b17-9+;/t26?,27?,30?,34-,42?;/m0./s1. The van der Waals surface area contributed by atoms with Crippen LogP contribution in [0.25, 0.3) is 0 Å². The van der Waals surface area contributed by atoms with Gasteiger partial charge in [-0.05, 0) is 99.7 Å². The molecule has 2 heterocycles. The molecule has 4 unspecified atom stereocenters. The van der Waals surface area contributed by atoms with E-state index in [0.717, 1.165) is 88.0 Å². The highest BCUT2D eigenvalue weighted by atomic mass is 35.5. The fourth-order valence-electron chi connectivity index (χ4n) is 6.76. The highest BCUT2D eigenvalue weighted by Crippen LogP contribution is 2.46. The van der Waals surface area contributed by atoms with Crippen LogP contribution in [0.1, 0.15) is 87.7 Å². The van der Waals surface area contributed by atoms with Gasteiger partial charge in [-0.3, -0.25) is 9.52 Å². The molecule has 8 nitrogen and oxygen atoms in total. The lowest BCUT2D eigenvalue weighted by Gasteiger charge is -2.48. The summed E-state index contributed by atoms with van der Waals surface area (Å²) in [4.78, 5) is 15.5. The number of morpholine rings is 1. The molecule has 266 valence electrons. The highest BCUT2D eigenvalue weighted by molar-refractivity contribution is 7.84. The molecule has 2 aromatic carbocycles. The first-order chi connectivity index (χ1) is 23.1. The second kappa shape index (κ2) is 18.5. The van der Waals surface area contributed by atoms with Crippen LogP contribution >= 0.6 is 11.6 Å². The maximum atomic E-state index is 13.1. The maximum absolute atomic E-state index is 13.1. The zero-order valence-electron chi connectivity index (χ0n) is 29.7. The third-order valence-electron chi connectivity index (χ3n) is 9.71. The Bertz CT molecular complexity index is 1390. The van der Waals surface area contributed by atoms with Gasteiger partial charge in [0.05, 0.1) is 31.1 Å². The van der Waals surface area contributed by atoms with Gasteiger partial charge in [-0.1, -0.05) is 50.1 Å². The number of hydrogen-bond donors (Lipinski definition) is 2. The minimum atomic E-state index is -1.45. The number of benzene rings is 2. The fraction of sp³-hybridized carbons (Fsp3) is 0.605. The Hall–Kier alpha value is -2.43. The normalized spacial score (nSPS) is 22.8. The first kappa shape index (κ1) is 38.4. The van der Waals surface area contributed by atoms with Crippen LogP contribution in [-0.4, -0.2) is 74.1 Å². The van der Waals surface area contributed by atoms with E-state index >= 15 is 0 Å². The smallest absolute Gasteiger partial charge is 0.263 e. The number of fused-ring (bicyclic) bond motifs is 1. The summed E-state index contributed by atoms with van der Waals surface area (Å²) in [7, 11) is 0.358. The van der Waals surface area contributed by atoms with E-state index in [1.807, 2.05) is 39.2 Å². The van der Waals surface area contributed by atoms with Crippen LogP contribution < -0.4 is 19.7 Å². The first-order valence-corrected chi connectivity index (χ1v) is 19.2. The Balaban J connectivity index is 0.000000780. The van der Waals surface area contributed by atoms with Crippen LogP contribution in [-0.2, 0) is 26.9 Å². The average molecular weight is 702 g/mol. The number of amides is 1. The summed E-state index contributed by atoms with van der Waals surface area (Å²) in [5.41, 5.74) is 3.59. The van der Waals surface area contributed by atoms with Gasteiger partial charge in [-0.25, -0.2) is 4.21 Å². The zero-order chi connectivity index (χ0) is 34.7. The highest BCUT2D eigenvalue weighted by Gasteiger charge is 2.44. The minimum Gasteiger partial charge on any atom is -0.491 e. The van der Waals surface area contributed by atoms with Crippen molar-refractivity contribution in [2.45, 2.75) is 83.5 Å². The predicted molar refractivity (Wildman–Crippen MR) is 198 cm³/mol. The number of carbonyl (C=O) groups is 1. The molecule has 1 amide bonds. The minimum absolute atomic E-state index is 0.134. The predicted octanol–water partition coefficient (Wildman–Crippen LogP) is 7.08. The number of allylic oxidation sites excluding steroid dienone is 1. The second-order valence-corrected chi connectivity index (χ2v) is 15.6. The molecule has 5 rings (SSSR count). The van der Waals surface area contributed by atoms with Crippen LogP contribution in [0.3, 0.4) is 0 Å². The first-order valence-electron chi connectivity index (χ1n) is 17.6. The topological polar surface area (TPSA) is 89.1 Å². The Labute approximate surface area is 295 Å². The molecular formula is C38H56ClN3O5S. The van der Waals surface area contributed by atoms with Crippen molar-refractivity contribution in [3.8, 4) is 5.75 Å². The van der Waals surface area contributed by atoms with Gasteiger partial charge in [0.1, 0.15) is 16.7 Å². The Morgan fingerprint density at radius 3 is 2.54 bits per heavy atom. The lowest BCUT2D eigenvalue weighted by Crippen LogP contribution is -2.49. The molecule has 0 bridgehead atoms. The number of hydrogen-bond acceptors (Lipinski definition) is 7. The number of anilines is 1. The van der Waals surface area contributed by atoms with Crippen LogP contribution in [0.4, 0.5) is 5.69 Å². The summed E-state index contributed by atoms with van der Waals surface area (Å²) in [5, 5.41) is 3.74. The third-order valence-corrected chi connectivity index (χ3v) is 11.2. The monoisotopic (exact) mass is 701 g/mol. The molecule has 1 saturated heterocycles. The van der Waals surface area contributed by atoms with Crippen molar-refractivity contribution in [3.05, 3.63) is 70.3 Å². The molecule has 10 heteroatoms. The van der Waals surface area contributed by atoms with Crippen molar-refractivity contribution in [1.82, 2.24) is 10.0 Å². The molecule has 0 radical (unpaired) electrons. The van der Waals surface area contributed by atoms with Crippen molar-refractivity contribution in [2.24, 2.45) is 11.8 Å². The van der Waals surface area contributed by atoms with Gasteiger partial charge in [0.25, 0.3) is 5.91 Å². The molecule has 1 aliphatic carbocycles. The van der Waals surface area contributed by atoms with E-state index in [2.05, 4.69) is 60.0 Å². The van der Waals surface area contributed by atoms with E-state index in [0.29, 0.717) is 24.0 Å². The molecular weight excluding hydrogens is 646 g/mol. The maximum Gasteiger partial charge on any atom is 0.263 e. The van der Waals surface area contributed by atoms with E-state index in [4.69, 9.17) is 25.8 Å². The Morgan fingerprint density at radius 2 is 1.96 bits per heavy atom. The summed E-state index contributed by atoms with van der Waals surface area (Å²) in [6.45, 7) is 16.1. The molecule has 2 aliphatic heterocycles. The quantitative estimate of drug-likeness (QED) is 0.229. The molecule has 2 fully saturated rings. The van der Waals surface area contributed by atoms with E-state index in [-0.39, 0.29) is 22.7 Å². The van der Waals surface area contributed by atoms with Crippen LogP contribution in [0, 0.1) is 11.8 Å². The van der Waals surface area contributed by atoms with Gasteiger partial charge in [0, 0.05) is 55.0 Å². The SMILES string of the molecule is C1COCCN1.CC/C=C/[C@](C)(OC)C1CCC1CN1CC(c2ccc(Cl)cc2CCC)COc2ccc(C(=O)NS(=O)C(C)C)cc21. The van der Waals surface area contributed by atoms with Gasteiger partial charge < -0.3 is 24.4 Å². The van der Waals surface area contributed by atoms with Crippen LogP contribution in [0.5, 0.6) is 5.75 Å².